The summed E-state index contributed by atoms with van der Waals surface area (Å²) in [6.45, 7) is 1.34. The second-order valence-corrected chi connectivity index (χ2v) is 7.08. The molecule has 0 fully saturated rings. The molecular weight excluding hydrogens is 367 g/mol. The van der Waals surface area contributed by atoms with Gasteiger partial charge in [0, 0.05) is 30.2 Å². The Morgan fingerprint density at radius 3 is 2.69 bits per heavy atom. The summed E-state index contributed by atoms with van der Waals surface area (Å²) in [7, 11) is 0. The maximum atomic E-state index is 13.3. The Kier molecular flexibility index (Phi) is 4.48. The zero-order valence-electron chi connectivity index (χ0n) is 15.7. The fourth-order valence-electron chi connectivity index (χ4n) is 3.92. The SMILES string of the molecule is Fc1ccc(Cn2nnnc2[C@@H](c2cccnc2)N2CCc3ccccc32)cc1. The monoisotopic (exact) mass is 386 g/mol. The van der Waals surface area contributed by atoms with Crippen LogP contribution < -0.4 is 4.90 Å². The topological polar surface area (TPSA) is 59.7 Å². The van der Waals surface area contributed by atoms with Gasteiger partial charge >= 0.3 is 0 Å². The highest BCUT2D eigenvalue weighted by molar-refractivity contribution is 5.60. The van der Waals surface area contributed by atoms with E-state index >= 15 is 0 Å². The first kappa shape index (κ1) is 17.5. The van der Waals surface area contributed by atoms with Crippen molar-refractivity contribution in [1.29, 1.82) is 0 Å². The third-order valence-corrected chi connectivity index (χ3v) is 5.28. The maximum absolute atomic E-state index is 13.3. The molecule has 0 aliphatic carbocycles. The first-order valence-corrected chi connectivity index (χ1v) is 9.54. The number of pyridine rings is 1. The van der Waals surface area contributed by atoms with Crippen LogP contribution in [0.5, 0.6) is 0 Å². The Bertz CT molecular complexity index is 1110. The van der Waals surface area contributed by atoms with Crippen molar-refractivity contribution in [2.24, 2.45) is 0 Å². The van der Waals surface area contributed by atoms with Crippen molar-refractivity contribution in [1.82, 2.24) is 25.2 Å². The summed E-state index contributed by atoms with van der Waals surface area (Å²) < 4.78 is 15.1. The summed E-state index contributed by atoms with van der Waals surface area (Å²) in [5, 5.41) is 12.6. The Morgan fingerprint density at radius 1 is 1.00 bits per heavy atom. The highest BCUT2D eigenvalue weighted by Crippen LogP contribution is 2.37. The number of hydrogen-bond acceptors (Lipinski definition) is 5. The molecule has 0 bridgehead atoms. The van der Waals surface area contributed by atoms with Gasteiger partial charge in [-0.15, -0.1) is 5.10 Å². The largest absolute Gasteiger partial charge is 0.357 e. The maximum Gasteiger partial charge on any atom is 0.178 e. The Morgan fingerprint density at radius 2 is 1.86 bits per heavy atom. The van der Waals surface area contributed by atoms with Crippen molar-refractivity contribution >= 4 is 5.69 Å². The summed E-state index contributed by atoms with van der Waals surface area (Å²) in [6, 6.07) is 18.7. The van der Waals surface area contributed by atoms with Gasteiger partial charge in [0.25, 0.3) is 0 Å². The van der Waals surface area contributed by atoms with Gasteiger partial charge in [0.15, 0.2) is 5.82 Å². The lowest BCUT2D eigenvalue weighted by Gasteiger charge is -2.29. The molecule has 5 rings (SSSR count). The van der Waals surface area contributed by atoms with E-state index in [0.29, 0.717) is 6.54 Å². The first-order valence-electron chi connectivity index (χ1n) is 9.54. The fourth-order valence-corrected chi connectivity index (χ4v) is 3.92. The number of tetrazole rings is 1. The Labute approximate surface area is 167 Å². The second kappa shape index (κ2) is 7.43. The summed E-state index contributed by atoms with van der Waals surface area (Å²) in [6.07, 6.45) is 4.61. The molecule has 1 aliphatic rings. The van der Waals surface area contributed by atoms with Gasteiger partial charge in [-0.3, -0.25) is 4.98 Å². The number of aromatic nitrogens is 5. The molecule has 0 saturated heterocycles. The lowest BCUT2D eigenvalue weighted by atomic mass is 10.1. The molecule has 4 aromatic rings. The molecule has 2 aromatic heterocycles. The average Bonchev–Trinajstić information content (AvgIpc) is 3.39. The normalized spacial score (nSPS) is 14.0. The molecule has 144 valence electrons. The van der Waals surface area contributed by atoms with Crippen LogP contribution in [-0.4, -0.2) is 31.7 Å². The number of anilines is 1. The minimum absolute atomic E-state index is 0.164. The molecule has 0 spiro atoms. The quantitative estimate of drug-likeness (QED) is 0.526. The fraction of sp³-hybridized carbons (Fsp3) is 0.182. The summed E-state index contributed by atoms with van der Waals surface area (Å²) in [5.41, 5.74) is 4.47. The van der Waals surface area contributed by atoms with Gasteiger partial charge in [-0.2, -0.15) is 0 Å². The third-order valence-electron chi connectivity index (χ3n) is 5.28. The predicted octanol–water partition coefficient (Wildman–Crippen LogP) is 3.41. The highest BCUT2D eigenvalue weighted by Gasteiger charge is 2.32. The smallest absolute Gasteiger partial charge is 0.178 e. The second-order valence-electron chi connectivity index (χ2n) is 7.08. The van der Waals surface area contributed by atoms with E-state index in [1.54, 1.807) is 23.0 Å². The van der Waals surface area contributed by atoms with Crippen molar-refractivity contribution in [3.8, 4) is 0 Å². The molecule has 0 saturated carbocycles. The average molecular weight is 386 g/mol. The van der Waals surface area contributed by atoms with E-state index in [1.165, 1.54) is 23.4 Å². The van der Waals surface area contributed by atoms with Crippen molar-refractivity contribution < 1.29 is 4.39 Å². The van der Waals surface area contributed by atoms with Gasteiger partial charge in [-0.05, 0) is 52.2 Å². The molecule has 0 amide bonds. The van der Waals surface area contributed by atoms with Crippen molar-refractivity contribution in [2.45, 2.75) is 19.0 Å². The minimum atomic E-state index is -0.257. The molecule has 7 heteroatoms. The number of nitrogens with zero attached hydrogens (tertiary/aromatic N) is 6. The van der Waals surface area contributed by atoms with E-state index in [2.05, 4.69) is 55.7 Å². The van der Waals surface area contributed by atoms with Crippen LogP contribution in [0.3, 0.4) is 0 Å². The van der Waals surface area contributed by atoms with Gasteiger partial charge in [0.05, 0.1) is 6.54 Å². The van der Waals surface area contributed by atoms with E-state index in [4.69, 9.17) is 0 Å². The zero-order valence-corrected chi connectivity index (χ0v) is 15.7. The Hall–Kier alpha value is -3.61. The van der Waals surface area contributed by atoms with Crippen LogP contribution >= 0.6 is 0 Å². The molecule has 1 aliphatic heterocycles. The molecule has 6 nitrogen and oxygen atoms in total. The van der Waals surface area contributed by atoms with E-state index in [9.17, 15) is 4.39 Å². The molecule has 3 heterocycles. The molecule has 1 atom stereocenters. The van der Waals surface area contributed by atoms with Crippen LogP contribution in [0.4, 0.5) is 10.1 Å². The predicted molar refractivity (Wildman–Crippen MR) is 107 cm³/mol. The Balaban J connectivity index is 1.57. The molecule has 0 radical (unpaired) electrons. The van der Waals surface area contributed by atoms with E-state index < -0.39 is 0 Å². The number of benzene rings is 2. The van der Waals surface area contributed by atoms with Crippen LogP contribution in [0.2, 0.25) is 0 Å². The van der Waals surface area contributed by atoms with Gasteiger partial charge in [-0.25, -0.2) is 9.07 Å². The lowest BCUT2D eigenvalue weighted by molar-refractivity contribution is 0.577. The number of hydrogen-bond donors (Lipinski definition) is 0. The van der Waals surface area contributed by atoms with Gasteiger partial charge < -0.3 is 4.90 Å². The van der Waals surface area contributed by atoms with Crippen molar-refractivity contribution in [2.75, 3.05) is 11.4 Å². The summed E-state index contributed by atoms with van der Waals surface area (Å²) in [5.74, 6) is 0.478. The van der Waals surface area contributed by atoms with Crippen LogP contribution in [0.25, 0.3) is 0 Å². The third kappa shape index (κ3) is 3.35. The minimum Gasteiger partial charge on any atom is -0.357 e. The van der Waals surface area contributed by atoms with E-state index in [1.807, 2.05) is 12.3 Å². The summed E-state index contributed by atoms with van der Waals surface area (Å²) in [4.78, 5) is 6.65. The molecule has 29 heavy (non-hydrogen) atoms. The van der Waals surface area contributed by atoms with Crippen LogP contribution in [0.1, 0.15) is 28.6 Å². The molecule has 2 aromatic carbocycles. The standard InChI is InChI=1S/C22H19FN6/c23-19-9-7-16(8-10-19)15-29-22(25-26-27-29)21(18-5-3-12-24-14-18)28-13-11-17-4-1-2-6-20(17)28/h1-10,12,14,21H,11,13,15H2/t21-/m1/s1. The van der Waals surface area contributed by atoms with E-state index in [-0.39, 0.29) is 11.9 Å². The lowest BCUT2D eigenvalue weighted by Crippen LogP contribution is -2.30. The first-order chi connectivity index (χ1) is 14.3. The van der Waals surface area contributed by atoms with E-state index in [0.717, 1.165) is 29.9 Å². The van der Waals surface area contributed by atoms with Crippen molar-refractivity contribution in [3.05, 3.63) is 101 Å². The number of halogens is 1. The molecule has 0 unspecified atom stereocenters. The molecular formula is C22H19FN6. The van der Waals surface area contributed by atoms with Crippen molar-refractivity contribution in [3.63, 3.8) is 0 Å². The van der Waals surface area contributed by atoms with Gasteiger partial charge in [0.1, 0.15) is 11.9 Å². The van der Waals surface area contributed by atoms with Gasteiger partial charge in [-0.1, -0.05) is 36.4 Å². The summed E-state index contributed by atoms with van der Waals surface area (Å²) >= 11 is 0. The van der Waals surface area contributed by atoms with Gasteiger partial charge in [0.2, 0.25) is 0 Å². The molecule has 0 N–H and O–H groups in total. The highest BCUT2D eigenvalue weighted by atomic mass is 19.1. The number of para-hydroxylation sites is 1. The van der Waals surface area contributed by atoms with Crippen LogP contribution in [0, 0.1) is 5.82 Å². The number of rotatable bonds is 5. The van der Waals surface area contributed by atoms with Crippen LogP contribution in [-0.2, 0) is 13.0 Å². The van der Waals surface area contributed by atoms with Crippen LogP contribution in [0.15, 0.2) is 73.1 Å². The number of fused-ring (bicyclic) bond motifs is 1. The zero-order chi connectivity index (χ0) is 19.6.